The van der Waals surface area contributed by atoms with E-state index in [1.165, 1.54) is 31.2 Å². The molecule has 1 aliphatic heterocycles. The highest BCUT2D eigenvalue weighted by Crippen LogP contribution is 2.27. The van der Waals surface area contributed by atoms with Gasteiger partial charge in [0, 0.05) is 44.7 Å². The van der Waals surface area contributed by atoms with E-state index in [9.17, 15) is 4.79 Å². The molecule has 1 saturated carbocycles. The van der Waals surface area contributed by atoms with Gasteiger partial charge < -0.3 is 16.0 Å². The van der Waals surface area contributed by atoms with Gasteiger partial charge in [-0.15, -0.1) is 0 Å². The number of carbonyl (C=O) groups is 1. The summed E-state index contributed by atoms with van der Waals surface area (Å²) in [6.07, 6.45) is 7.88. The third kappa shape index (κ3) is 8.17. The zero-order chi connectivity index (χ0) is 21.9. The van der Waals surface area contributed by atoms with Crippen molar-refractivity contribution in [3.05, 3.63) is 35.9 Å². The summed E-state index contributed by atoms with van der Waals surface area (Å²) in [5.74, 6) is 1.64. The van der Waals surface area contributed by atoms with E-state index in [1.54, 1.807) is 0 Å². The molecule has 0 spiro atoms. The van der Waals surface area contributed by atoms with Gasteiger partial charge in [0.15, 0.2) is 5.96 Å². The molecule has 3 rings (SSSR count). The van der Waals surface area contributed by atoms with E-state index in [1.807, 2.05) is 0 Å². The van der Waals surface area contributed by atoms with Crippen LogP contribution in [0.3, 0.4) is 0 Å². The zero-order valence-corrected chi connectivity index (χ0v) is 19.4. The summed E-state index contributed by atoms with van der Waals surface area (Å²) in [4.78, 5) is 19.3. The van der Waals surface area contributed by atoms with Crippen LogP contribution in [0.15, 0.2) is 35.3 Å². The van der Waals surface area contributed by atoms with Crippen molar-refractivity contribution in [1.29, 1.82) is 0 Å². The number of amides is 1. The van der Waals surface area contributed by atoms with Crippen molar-refractivity contribution < 1.29 is 4.79 Å². The Balaban J connectivity index is 1.39. The molecule has 0 bridgehead atoms. The van der Waals surface area contributed by atoms with Gasteiger partial charge in [0.25, 0.3) is 0 Å². The minimum Gasteiger partial charge on any atom is -0.357 e. The van der Waals surface area contributed by atoms with Crippen molar-refractivity contribution in [2.24, 2.45) is 10.9 Å². The molecule has 6 nitrogen and oxygen atoms in total. The number of carbonyl (C=O) groups excluding carboxylic acids is 1. The Morgan fingerprint density at radius 2 is 1.90 bits per heavy atom. The molecule has 1 aromatic carbocycles. The van der Waals surface area contributed by atoms with Crippen LogP contribution in [0, 0.1) is 5.92 Å². The molecule has 2 aliphatic rings. The van der Waals surface area contributed by atoms with Crippen molar-refractivity contribution in [3.63, 3.8) is 0 Å². The predicted molar refractivity (Wildman–Crippen MR) is 128 cm³/mol. The number of benzene rings is 1. The molecule has 3 N–H and O–H groups in total. The standard InChI is InChI=1S/C25H41N5O/c1-3-26-25(28-15-14-27-24(31)18-21-9-7-8-10-21)29-23-13-16-30(20(2)17-23)19-22-11-5-4-6-12-22/h4-6,11-12,20-21,23H,3,7-10,13-19H2,1-2H3,(H,27,31)(H2,26,28,29). The van der Waals surface area contributed by atoms with Crippen LogP contribution in [-0.2, 0) is 11.3 Å². The lowest BCUT2D eigenvalue weighted by Gasteiger charge is -2.38. The number of aliphatic imine (C=N–C) groups is 1. The first kappa shape index (κ1) is 23.6. The van der Waals surface area contributed by atoms with Gasteiger partial charge in [0.2, 0.25) is 5.91 Å². The summed E-state index contributed by atoms with van der Waals surface area (Å²) in [6.45, 7) is 8.56. The minimum absolute atomic E-state index is 0.180. The summed E-state index contributed by atoms with van der Waals surface area (Å²) in [7, 11) is 0. The molecule has 2 fully saturated rings. The van der Waals surface area contributed by atoms with E-state index in [2.05, 4.69) is 70.0 Å². The molecule has 1 saturated heterocycles. The maximum Gasteiger partial charge on any atom is 0.220 e. The Labute approximate surface area is 188 Å². The molecular weight excluding hydrogens is 386 g/mol. The first-order chi connectivity index (χ1) is 15.1. The van der Waals surface area contributed by atoms with Gasteiger partial charge in [-0.05, 0) is 51.0 Å². The molecule has 1 aromatic rings. The summed E-state index contributed by atoms with van der Waals surface area (Å²) < 4.78 is 0. The van der Waals surface area contributed by atoms with Crippen LogP contribution in [0.4, 0.5) is 0 Å². The van der Waals surface area contributed by atoms with Crippen LogP contribution >= 0.6 is 0 Å². The average molecular weight is 428 g/mol. The Hall–Kier alpha value is -2.08. The Morgan fingerprint density at radius 1 is 1.13 bits per heavy atom. The van der Waals surface area contributed by atoms with Gasteiger partial charge in [0.05, 0.1) is 6.54 Å². The van der Waals surface area contributed by atoms with Gasteiger partial charge in [-0.3, -0.25) is 14.7 Å². The Bertz CT molecular complexity index is 686. The molecule has 1 heterocycles. The smallest absolute Gasteiger partial charge is 0.220 e. The van der Waals surface area contributed by atoms with E-state index in [-0.39, 0.29) is 5.91 Å². The summed E-state index contributed by atoms with van der Waals surface area (Å²) >= 11 is 0. The third-order valence-corrected chi connectivity index (χ3v) is 6.58. The van der Waals surface area contributed by atoms with Gasteiger partial charge in [-0.1, -0.05) is 43.2 Å². The van der Waals surface area contributed by atoms with Crippen molar-refractivity contribution in [2.75, 3.05) is 26.2 Å². The largest absolute Gasteiger partial charge is 0.357 e. The van der Waals surface area contributed by atoms with E-state index >= 15 is 0 Å². The molecule has 1 amide bonds. The number of nitrogens with one attached hydrogen (secondary N) is 3. The normalized spacial score (nSPS) is 23.0. The lowest BCUT2D eigenvalue weighted by molar-refractivity contribution is -0.121. The highest BCUT2D eigenvalue weighted by atomic mass is 16.1. The minimum atomic E-state index is 0.180. The lowest BCUT2D eigenvalue weighted by atomic mass is 9.97. The predicted octanol–water partition coefficient (Wildman–Crippen LogP) is 3.29. The fourth-order valence-corrected chi connectivity index (χ4v) is 4.83. The quantitative estimate of drug-likeness (QED) is 0.321. The first-order valence-corrected chi connectivity index (χ1v) is 12.2. The Morgan fingerprint density at radius 3 is 2.61 bits per heavy atom. The highest BCUT2D eigenvalue weighted by molar-refractivity contribution is 5.80. The zero-order valence-electron chi connectivity index (χ0n) is 19.4. The molecule has 1 aliphatic carbocycles. The van der Waals surface area contributed by atoms with Crippen LogP contribution in [0.2, 0.25) is 0 Å². The van der Waals surface area contributed by atoms with Gasteiger partial charge in [-0.25, -0.2) is 0 Å². The lowest BCUT2D eigenvalue weighted by Crippen LogP contribution is -2.51. The maximum atomic E-state index is 12.1. The van der Waals surface area contributed by atoms with E-state index in [4.69, 9.17) is 0 Å². The monoisotopic (exact) mass is 427 g/mol. The molecule has 2 atom stereocenters. The van der Waals surface area contributed by atoms with Crippen molar-refractivity contribution >= 4 is 11.9 Å². The molecule has 0 aromatic heterocycles. The number of likely N-dealkylation sites (tertiary alicyclic amines) is 1. The second kappa shape index (κ2) is 12.7. The number of hydrogen-bond acceptors (Lipinski definition) is 3. The van der Waals surface area contributed by atoms with Crippen LogP contribution in [-0.4, -0.2) is 55.0 Å². The second-order valence-corrected chi connectivity index (χ2v) is 9.14. The van der Waals surface area contributed by atoms with Crippen molar-refractivity contribution in [2.45, 2.75) is 77.4 Å². The number of nitrogens with zero attached hydrogens (tertiary/aromatic N) is 2. The van der Waals surface area contributed by atoms with Crippen LogP contribution in [0.1, 0.15) is 64.4 Å². The SMILES string of the molecule is CCNC(=NCCNC(=O)CC1CCCC1)NC1CCN(Cc2ccccc2)C(C)C1. The van der Waals surface area contributed by atoms with Gasteiger partial charge in [0.1, 0.15) is 0 Å². The maximum absolute atomic E-state index is 12.1. The van der Waals surface area contributed by atoms with Gasteiger partial charge in [-0.2, -0.15) is 0 Å². The highest BCUT2D eigenvalue weighted by Gasteiger charge is 2.26. The van der Waals surface area contributed by atoms with Crippen molar-refractivity contribution in [3.8, 4) is 0 Å². The molecule has 6 heteroatoms. The Kier molecular flexibility index (Phi) is 9.66. The summed E-state index contributed by atoms with van der Waals surface area (Å²) in [6, 6.07) is 11.7. The summed E-state index contributed by atoms with van der Waals surface area (Å²) in [5.41, 5.74) is 1.38. The average Bonchev–Trinajstić information content (AvgIpc) is 3.27. The topological polar surface area (TPSA) is 68.8 Å². The number of hydrogen-bond donors (Lipinski definition) is 3. The number of rotatable bonds is 9. The van der Waals surface area contributed by atoms with Crippen LogP contribution in [0.5, 0.6) is 0 Å². The number of guanidine groups is 1. The van der Waals surface area contributed by atoms with E-state index < -0.39 is 0 Å². The molecule has 31 heavy (non-hydrogen) atoms. The summed E-state index contributed by atoms with van der Waals surface area (Å²) in [5, 5.41) is 10.0. The fraction of sp³-hybridized carbons (Fsp3) is 0.680. The van der Waals surface area contributed by atoms with Gasteiger partial charge >= 0.3 is 0 Å². The van der Waals surface area contributed by atoms with Crippen LogP contribution in [0.25, 0.3) is 0 Å². The number of piperidine rings is 1. The van der Waals surface area contributed by atoms with E-state index in [0.717, 1.165) is 38.4 Å². The molecule has 0 radical (unpaired) electrons. The second-order valence-electron chi connectivity index (χ2n) is 9.14. The third-order valence-electron chi connectivity index (χ3n) is 6.58. The molecular formula is C25H41N5O. The van der Waals surface area contributed by atoms with Crippen molar-refractivity contribution in [1.82, 2.24) is 20.9 Å². The fourth-order valence-electron chi connectivity index (χ4n) is 4.83. The molecule has 2 unspecified atom stereocenters. The van der Waals surface area contributed by atoms with Crippen LogP contribution < -0.4 is 16.0 Å². The first-order valence-electron chi connectivity index (χ1n) is 12.2. The van der Waals surface area contributed by atoms with E-state index in [0.29, 0.717) is 37.5 Å². The molecule has 172 valence electrons.